The van der Waals surface area contributed by atoms with Gasteiger partial charge in [-0.1, -0.05) is 61.7 Å². The summed E-state index contributed by atoms with van der Waals surface area (Å²) in [5.41, 5.74) is 1.73. The fraction of sp³-hybridized carbons (Fsp3) is 0.462. The summed E-state index contributed by atoms with van der Waals surface area (Å²) in [6.45, 7) is 4.41. The molecule has 3 atom stereocenters. The first kappa shape index (κ1) is 13.2. The highest BCUT2D eigenvalue weighted by Gasteiger charge is 2.50. The molecule has 92 valence electrons. The summed E-state index contributed by atoms with van der Waals surface area (Å²) < 4.78 is 5.18. The summed E-state index contributed by atoms with van der Waals surface area (Å²) in [6.07, 6.45) is 0. The van der Waals surface area contributed by atoms with Gasteiger partial charge < -0.3 is 4.74 Å². The second-order valence-electron chi connectivity index (χ2n) is 4.60. The maximum absolute atomic E-state index is 12.1. The van der Waals surface area contributed by atoms with E-state index in [2.05, 4.69) is 31.9 Å². The molecule has 17 heavy (non-hydrogen) atoms. The smallest absolute Gasteiger partial charge is 0.181 e. The average molecular weight is 362 g/mol. The minimum atomic E-state index is -0.578. The number of ketones is 1. The number of carbonyl (C=O) groups excluding carboxylic acids is 1. The fourth-order valence-corrected chi connectivity index (χ4v) is 2.93. The Morgan fingerprint density at radius 2 is 1.88 bits per heavy atom. The lowest BCUT2D eigenvalue weighted by Gasteiger charge is -2.18. The van der Waals surface area contributed by atoms with Crippen LogP contribution >= 0.6 is 31.9 Å². The third-order valence-electron chi connectivity index (χ3n) is 3.00. The number of ether oxygens (including phenoxy) is 1. The van der Waals surface area contributed by atoms with Crippen LogP contribution in [0, 0.1) is 6.92 Å². The molecule has 0 N–H and O–H groups in total. The monoisotopic (exact) mass is 360 g/mol. The number of aryl methyl sites for hydroxylation is 1. The zero-order valence-electron chi connectivity index (χ0n) is 9.74. The Morgan fingerprint density at radius 1 is 1.35 bits per heavy atom. The van der Waals surface area contributed by atoms with Crippen LogP contribution in [0.25, 0.3) is 0 Å². The van der Waals surface area contributed by atoms with Gasteiger partial charge >= 0.3 is 0 Å². The summed E-state index contributed by atoms with van der Waals surface area (Å²) >= 11 is 7.04. The van der Waals surface area contributed by atoms with Gasteiger partial charge in [0.2, 0.25) is 0 Å². The van der Waals surface area contributed by atoms with Crippen molar-refractivity contribution in [2.45, 2.75) is 29.1 Å². The molecule has 1 fully saturated rings. The summed E-state index contributed by atoms with van der Waals surface area (Å²) in [7, 11) is 0. The topological polar surface area (TPSA) is 29.6 Å². The first-order chi connectivity index (χ1) is 7.94. The van der Waals surface area contributed by atoms with Crippen molar-refractivity contribution >= 4 is 37.6 Å². The van der Waals surface area contributed by atoms with E-state index in [1.165, 1.54) is 5.56 Å². The molecule has 1 aromatic rings. The van der Waals surface area contributed by atoms with E-state index in [0.29, 0.717) is 6.61 Å². The van der Waals surface area contributed by atoms with Crippen LogP contribution in [-0.2, 0) is 9.53 Å². The fourth-order valence-electron chi connectivity index (χ4n) is 1.59. The third-order valence-corrected chi connectivity index (χ3v) is 5.71. The summed E-state index contributed by atoms with van der Waals surface area (Å²) in [6, 6.07) is 8.16. The number of hydrogen-bond acceptors (Lipinski definition) is 2. The lowest BCUT2D eigenvalue weighted by molar-refractivity contribution is -0.122. The van der Waals surface area contributed by atoms with Crippen molar-refractivity contribution in [1.82, 2.24) is 0 Å². The first-order valence-corrected chi connectivity index (χ1v) is 7.30. The molecular formula is C13H14Br2O2. The Labute approximate surface area is 118 Å². The van der Waals surface area contributed by atoms with Crippen molar-refractivity contribution in [3.05, 3.63) is 35.4 Å². The Bertz CT molecular complexity index is 424. The minimum absolute atomic E-state index is 0.0309. The highest BCUT2D eigenvalue weighted by molar-refractivity contribution is 9.12. The molecule has 1 saturated heterocycles. The van der Waals surface area contributed by atoms with Crippen LogP contribution in [0.1, 0.15) is 22.9 Å². The second kappa shape index (κ2) is 4.82. The molecule has 2 rings (SSSR count). The third kappa shape index (κ3) is 2.80. The molecule has 0 radical (unpaired) electrons. The van der Waals surface area contributed by atoms with Crippen LogP contribution < -0.4 is 0 Å². The molecule has 1 aromatic carbocycles. The van der Waals surface area contributed by atoms with Gasteiger partial charge in [0.05, 0.1) is 16.3 Å². The van der Waals surface area contributed by atoms with E-state index in [1.807, 2.05) is 38.1 Å². The van der Waals surface area contributed by atoms with Gasteiger partial charge in [-0.2, -0.15) is 0 Å². The standard InChI is InChI=1S/C13H14Br2O2/c1-8-3-5-9(6-4-8)10(14)11(15)12(16)13(2)7-17-13/h3-6,10-11H,7H2,1-2H3/t10-,11+,13+/m1/s1. The highest BCUT2D eigenvalue weighted by Crippen LogP contribution is 2.38. The van der Waals surface area contributed by atoms with Crippen molar-refractivity contribution in [3.63, 3.8) is 0 Å². The lowest BCUT2D eigenvalue weighted by atomic mass is 9.99. The maximum Gasteiger partial charge on any atom is 0.181 e. The second-order valence-corrected chi connectivity index (χ2v) is 6.57. The molecule has 0 spiro atoms. The summed E-state index contributed by atoms with van der Waals surface area (Å²) in [5, 5.41) is 0. The van der Waals surface area contributed by atoms with E-state index < -0.39 is 5.60 Å². The van der Waals surface area contributed by atoms with Crippen LogP contribution in [-0.4, -0.2) is 22.8 Å². The Morgan fingerprint density at radius 3 is 2.35 bits per heavy atom. The van der Waals surface area contributed by atoms with E-state index in [0.717, 1.165) is 5.56 Å². The molecule has 0 saturated carbocycles. The van der Waals surface area contributed by atoms with Gasteiger partial charge in [0, 0.05) is 0 Å². The van der Waals surface area contributed by atoms with Crippen LogP contribution in [0.2, 0.25) is 0 Å². The van der Waals surface area contributed by atoms with Gasteiger partial charge in [-0.15, -0.1) is 0 Å². The molecule has 2 nitrogen and oxygen atoms in total. The van der Waals surface area contributed by atoms with Gasteiger partial charge in [-0.3, -0.25) is 4.79 Å². The molecule has 0 unspecified atom stereocenters. The van der Waals surface area contributed by atoms with Gasteiger partial charge in [-0.25, -0.2) is 0 Å². The maximum atomic E-state index is 12.1. The summed E-state index contributed by atoms with van der Waals surface area (Å²) in [5.74, 6) is 0.0972. The normalized spacial score (nSPS) is 26.4. The highest BCUT2D eigenvalue weighted by atomic mass is 79.9. The number of Topliss-reactive ketones (excluding diaryl/α,β-unsaturated/α-hetero) is 1. The van der Waals surface area contributed by atoms with Crippen molar-refractivity contribution < 1.29 is 9.53 Å². The Kier molecular flexibility index (Phi) is 3.76. The van der Waals surface area contributed by atoms with Crippen molar-refractivity contribution in [1.29, 1.82) is 0 Å². The first-order valence-electron chi connectivity index (χ1n) is 5.47. The molecule has 0 amide bonds. The van der Waals surface area contributed by atoms with Crippen molar-refractivity contribution in [2.24, 2.45) is 0 Å². The quantitative estimate of drug-likeness (QED) is 0.606. The molecule has 1 aliphatic rings. The van der Waals surface area contributed by atoms with E-state index in [4.69, 9.17) is 4.74 Å². The zero-order valence-corrected chi connectivity index (χ0v) is 12.9. The largest absolute Gasteiger partial charge is 0.362 e. The van der Waals surface area contributed by atoms with Crippen LogP contribution in [0.4, 0.5) is 0 Å². The zero-order chi connectivity index (χ0) is 12.6. The summed E-state index contributed by atoms with van der Waals surface area (Å²) in [4.78, 5) is 11.8. The Hall–Kier alpha value is -0.190. The molecule has 1 aliphatic heterocycles. The average Bonchev–Trinajstić information content (AvgIpc) is 3.07. The predicted molar refractivity (Wildman–Crippen MR) is 74.9 cm³/mol. The number of alkyl halides is 2. The van der Waals surface area contributed by atoms with Crippen molar-refractivity contribution in [2.75, 3.05) is 6.61 Å². The number of epoxide rings is 1. The van der Waals surface area contributed by atoms with E-state index in [-0.39, 0.29) is 15.4 Å². The molecule has 0 bridgehead atoms. The van der Waals surface area contributed by atoms with Crippen LogP contribution in [0.5, 0.6) is 0 Å². The van der Waals surface area contributed by atoms with Crippen LogP contribution in [0.15, 0.2) is 24.3 Å². The number of benzene rings is 1. The molecule has 0 aromatic heterocycles. The minimum Gasteiger partial charge on any atom is -0.362 e. The number of hydrogen-bond donors (Lipinski definition) is 0. The SMILES string of the molecule is Cc1ccc([C@@H](Br)[C@H](Br)C(=O)[C@]2(C)CO2)cc1. The van der Waals surface area contributed by atoms with Gasteiger partial charge in [0.1, 0.15) is 5.60 Å². The van der Waals surface area contributed by atoms with Gasteiger partial charge in [0.15, 0.2) is 5.78 Å². The van der Waals surface area contributed by atoms with E-state index >= 15 is 0 Å². The van der Waals surface area contributed by atoms with Gasteiger partial charge in [0.25, 0.3) is 0 Å². The van der Waals surface area contributed by atoms with Crippen molar-refractivity contribution in [3.8, 4) is 0 Å². The van der Waals surface area contributed by atoms with Gasteiger partial charge in [-0.05, 0) is 19.4 Å². The Balaban J connectivity index is 2.11. The molecular weight excluding hydrogens is 348 g/mol. The predicted octanol–water partition coefficient (Wildman–Crippen LogP) is 3.55. The van der Waals surface area contributed by atoms with E-state index in [1.54, 1.807) is 0 Å². The van der Waals surface area contributed by atoms with E-state index in [9.17, 15) is 4.79 Å². The molecule has 0 aliphatic carbocycles. The number of rotatable bonds is 4. The lowest BCUT2D eigenvalue weighted by Crippen LogP contribution is -2.31. The molecule has 1 heterocycles. The van der Waals surface area contributed by atoms with Crippen LogP contribution in [0.3, 0.4) is 0 Å². The molecule has 4 heteroatoms. The number of halogens is 2. The number of carbonyl (C=O) groups is 1.